The number of hydrogen-bond donors (Lipinski definition) is 0. The van der Waals surface area contributed by atoms with Gasteiger partial charge in [0.15, 0.2) is 5.49 Å². The van der Waals surface area contributed by atoms with Crippen molar-refractivity contribution in [3.8, 4) is 0 Å². The second kappa shape index (κ2) is 10.3. The first-order chi connectivity index (χ1) is 17.6. The number of benzene rings is 1. The van der Waals surface area contributed by atoms with Crippen LogP contribution in [0.3, 0.4) is 0 Å². The maximum Gasteiger partial charge on any atom is 0.341 e. The van der Waals surface area contributed by atoms with Crippen LogP contribution in [0.25, 0.3) is 16.7 Å². The molecule has 0 unspecified atom stereocenters. The van der Waals surface area contributed by atoms with Gasteiger partial charge >= 0.3 is 5.97 Å². The number of hydrogen-bond acceptors (Lipinski definition) is 7. The molecular formula is C25H22ClN5O6. The number of halogens is 1. The summed E-state index contributed by atoms with van der Waals surface area (Å²) in [7, 11) is 0. The molecule has 1 aromatic carbocycles. The van der Waals surface area contributed by atoms with Gasteiger partial charge < -0.3 is 9.30 Å². The summed E-state index contributed by atoms with van der Waals surface area (Å²) in [5, 5.41) is 11.3. The first-order valence-corrected chi connectivity index (χ1v) is 11.7. The number of pyridine rings is 2. The lowest BCUT2D eigenvalue weighted by atomic mass is 10.1. The molecule has 190 valence electrons. The summed E-state index contributed by atoms with van der Waals surface area (Å²) in [5.74, 6) is -1.71. The van der Waals surface area contributed by atoms with Crippen LogP contribution in [0.1, 0.15) is 41.5 Å². The lowest BCUT2D eigenvalue weighted by Crippen LogP contribution is -2.33. The molecule has 0 atom stereocenters. The molecule has 11 nitrogen and oxygen atoms in total. The Labute approximate surface area is 214 Å². The number of esters is 1. The van der Waals surface area contributed by atoms with Gasteiger partial charge in [-0.15, -0.1) is 0 Å². The number of carbonyl (C=O) groups excluding carboxylic acids is 2. The van der Waals surface area contributed by atoms with Crippen LogP contribution in [0.2, 0.25) is 5.02 Å². The molecule has 37 heavy (non-hydrogen) atoms. The zero-order chi connectivity index (χ0) is 26.9. The van der Waals surface area contributed by atoms with Gasteiger partial charge in [0.1, 0.15) is 16.9 Å². The quantitative estimate of drug-likeness (QED) is 0.162. The number of carbonyl (C=O) groups is 2. The number of nitro benzene ring substituents is 1. The van der Waals surface area contributed by atoms with E-state index >= 15 is 0 Å². The highest BCUT2D eigenvalue weighted by Gasteiger charge is 2.22. The fraction of sp³-hybridized carbons (Fsp3) is 0.240. The molecule has 0 aliphatic rings. The Balaban J connectivity index is 2.13. The molecule has 4 rings (SSSR count). The molecule has 0 spiro atoms. The Morgan fingerprint density at radius 3 is 2.62 bits per heavy atom. The molecule has 3 heterocycles. The summed E-state index contributed by atoms with van der Waals surface area (Å²) in [6.07, 6.45) is 1.56. The molecule has 0 N–H and O–H groups in total. The van der Waals surface area contributed by atoms with Crippen LogP contribution in [0.4, 0.5) is 5.69 Å². The largest absolute Gasteiger partial charge is 0.462 e. The van der Waals surface area contributed by atoms with E-state index in [1.165, 1.54) is 27.2 Å². The number of fused-ring (bicyclic) bond motifs is 2. The highest BCUT2D eigenvalue weighted by atomic mass is 35.5. The lowest BCUT2D eigenvalue weighted by molar-refractivity contribution is -0.384. The van der Waals surface area contributed by atoms with Crippen molar-refractivity contribution in [1.82, 2.24) is 14.0 Å². The second-order valence-electron chi connectivity index (χ2n) is 8.53. The molecule has 0 fully saturated rings. The van der Waals surface area contributed by atoms with E-state index in [1.807, 2.05) is 13.8 Å². The average Bonchev–Trinajstić information content (AvgIpc) is 2.85. The first-order valence-electron chi connectivity index (χ1n) is 11.4. The molecule has 0 radical (unpaired) electrons. The third-order valence-corrected chi connectivity index (χ3v) is 5.76. The van der Waals surface area contributed by atoms with Gasteiger partial charge in [-0.3, -0.25) is 24.1 Å². The number of nitrogens with zero attached hydrogens (tertiary/aromatic N) is 5. The van der Waals surface area contributed by atoms with Gasteiger partial charge in [0.25, 0.3) is 17.2 Å². The van der Waals surface area contributed by atoms with E-state index in [4.69, 9.17) is 16.3 Å². The van der Waals surface area contributed by atoms with Crippen molar-refractivity contribution in [2.45, 2.75) is 27.3 Å². The molecular weight excluding hydrogens is 502 g/mol. The van der Waals surface area contributed by atoms with E-state index in [-0.39, 0.29) is 57.4 Å². The Kier molecular flexibility index (Phi) is 7.16. The van der Waals surface area contributed by atoms with Gasteiger partial charge in [-0.1, -0.05) is 31.5 Å². The molecule has 0 saturated heterocycles. The minimum atomic E-state index is -0.909. The first kappa shape index (κ1) is 25.7. The Bertz CT molecular complexity index is 1710. The lowest BCUT2D eigenvalue weighted by Gasteiger charge is -2.16. The Morgan fingerprint density at radius 1 is 1.19 bits per heavy atom. The van der Waals surface area contributed by atoms with Crippen LogP contribution in [-0.4, -0.2) is 37.4 Å². The number of aromatic nitrogens is 3. The van der Waals surface area contributed by atoms with E-state index in [0.29, 0.717) is 5.65 Å². The number of nitro groups is 1. The summed E-state index contributed by atoms with van der Waals surface area (Å²) in [6.45, 7) is 5.73. The van der Waals surface area contributed by atoms with Gasteiger partial charge in [-0.25, -0.2) is 9.78 Å². The number of ether oxygens (including phenoxy) is 1. The molecule has 0 bridgehead atoms. The number of amides is 1. The number of non-ortho nitro benzene ring substituents is 1. The standard InChI is InChI=1S/C25H22ClN5O6/c1-4-37-25(34)18-12-17-21(27-20-7-5-6-10-29(20)24(17)33)30(13-14(2)3)22(18)28-23(32)16-11-15(31(35)36)8-9-19(16)26/h5-12,14H,4,13H2,1-3H3. The summed E-state index contributed by atoms with van der Waals surface area (Å²) in [4.78, 5) is 59.0. The van der Waals surface area contributed by atoms with Gasteiger partial charge in [-0.05, 0) is 37.1 Å². The van der Waals surface area contributed by atoms with Gasteiger partial charge in [0, 0.05) is 24.9 Å². The zero-order valence-electron chi connectivity index (χ0n) is 20.2. The van der Waals surface area contributed by atoms with Crippen molar-refractivity contribution in [2.24, 2.45) is 10.9 Å². The van der Waals surface area contributed by atoms with Crippen LogP contribution in [0.5, 0.6) is 0 Å². The predicted octanol–water partition coefficient (Wildman–Crippen LogP) is 3.78. The normalized spacial score (nSPS) is 11.9. The summed E-state index contributed by atoms with van der Waals surface area (Å²) in [6, 6.07) is 9.79. The minimum absolute atomic E-state index is 0.00729. The van der Waals surface area contributed by atoms with Crippen LogP contribution in [0, 0.1) is 16.0 Å². The molecule has 0 aliphatic heterocycles. The van der Waals surface area contributed by atoms with E-state index in [9.17, 15) is 24.5 Å². The van der Waals surface area contributed by atoms with Crippen LogP contribution in [-0.2, 0) is 11.3 Å². The van der Waals surface area contributed by atoms with E-state index < -0.39 is 22.4 Å². The van der Waals surface area contributed by atoms with Crippen molar-refractivity contribution < 1.29 is 19.2 Å². The fourth-order valence-electron chi connectivity index (χ4n) is 3.84. The van der Waals surface area contributed by atoms with Gasteiger partial charge in [0.2, 0.25) is 0 Å². The van der Waals surface area contributed by atoms with E-state index in [0.717, 1.165) is 6.07 Å². The van der Waals surface area contributed by atoms with Crippen molar-refractivity contribution in [3.05, 3.63) is 90.8 Å². The predicted molar refractivity (Wildman–Crippen MR) is 136 cm³/mol. The SMILES string of the molecule is CCOC(=O)c1cc2c(=O)n3ccccc3nc2n(CC(C)C)c1=NC(=O)c1cc([N+](=O)[O-])ccc1Cl. The van der Waals surface area contributed by atoms with Crippen molar-refractivity contribution >= 4 is 45.8 Å². The minimum Gasteiger partial charge on any atom is -0.462 e. The van der Waals surface area contributed by atoms with E-state index in [2.05, 4.69) is 9.98 Å². The van der Waals surface area contributed by atoms with Crippen LogP contribution >= 0.6 is 11.6 Å². The molecule has 12 heteroatoms. The molecule has 0 saturated carbocycles. The van der Waals surface area contributed by atoms with Gasteiger partial charge in [-0.2, -0.15) is 4.99 Å². The third kappa shape index (κ3) is 4.98. The molecule has 0 aliphatic carbocycles. The Hall–Kier alpha value is -4.38. The smallest absolute Gasteiger partial charge is 0.341 e. The van der Waals surface area contributed by atoms with Crippen molar-refractivity contribution in [3.63, 3.8) is 0 Å². The van der Waals surface area contributed by atoms with Gasteiger partial charge in [0.05, 0.1) is 27.5 Å². The topological polar surface area (TPSA) is 138 Å². The molecule has 3 aromatic heterocycles. The maximum absolute atomic E-state index is 13.3. The molecule has 1 amide bonds. The second-order valence-corrected chi connectivity index (χ2v) is 8.94. The maximum atomic E-state index is 13.3. The Morgan fingerprint density at radius 2 is 1.95 bits per heavy atom. The monoisotopic (exact) mass is 523 g/mol. The van der Waals surface area contributed by atoms with Crippen molar-refractivity contribution in [2.75, 3.05) is 6.61 Å². The number of rotatable bonds is 6. The highest BCUT2D eigenvalue weighted by Crippen LogP contribution is 2.23. The highest BCUT2D eigenvalue weighted by molar-refractivity contribution is 6.34. The summed E-state index contributed by atoms with van der Waals surface area (Å²) >= 11 is 6.16. The van der Waals surface area contributed by atoms with Crippen molar-refractivity contribution in [1.29, 1.82) is 0 Å². The fourth-order valence-corrected chi connectivity index (χ4v) is 4.04. The van der Waals surface area contributed by atoms with Crippen LogP contribution < -0.4 is 11.0 Å². The molecule has 4 aromatic rings. The third-order valence-electron chi connectivity index (χ3n) is 5.43. The van der Waals surface area contributed by atoms with E-state index in [1.54, 1.807) is 31.3 Å². The zero-order valence-corrected chi connectivity index (χ0v) is 20.9. The van der Waals surface area contributed by atoms with Crippen LogP contribution in [0.15, 0.2) is 58.4 Å². The summed E-state index contributed by atoms with van der Waals surface area (Å²) < 4.78 is 8.06. The summed E-state index contributed by atoms with van der Waals surface area (Å²) in [5.41, 5.74) is -0.617. The average molecular weight is 524 g/mol.